The van der Waals surface area contributed by atoms with Crippen molar-refractivity contribution in [2.45, 2.75) is 6.10 Å². The largest absolute Gasteiger partial charge is 0.377 e. The Morgan fingerprint density at radius 2 is 2.00 bits per heavy atom. The number of nitrogens with zero attached hydrogens (tertiary/aromatic N) is 1. The number of halogens is 2. The van der Waals surface area contributed by atoms with Gasteiger partial charge in [0.25, 0.3) is 0 Å². The van der Waals surface area contributed by atoms with E-state index < -0.39 is 11.6 Å². The van der Waals surface area contributed by atoms with E-state index in [1.165, 1.54) is 12.1 Å². The molecule has 5 heteroatoms. The Morgan fingerprint density at radius 3 is 2.59 bits per heavy atom. The Bertz CT molecular complexity index is 404. The summed E-state index contributed by atoms with van der Waals surface area (Å²) in [5.74, 6) is -1.67. The van der Waals surface area contributed by atoms with Gasteiger partial charge in [-0.25, -0.2) is 8.78 Å². The molecule has 0 saturated carbocycles. The minimum absolute atomic E-state index is 0.226. The van der Waals surface area contributed by atoms with Crippen molar-refractivity contribution in [2.75, 3.05) is 38.7 Å². The third-order valence-electron chi connectivity index (χ3n) is 2.83. The number of hydrogen-bond acceptors (Lipinski definition) is 3. The Kier molecular flexibility index (Phi) is 3.59. The second kappa shape index (κ2) is 4.98. The third kappa shape index (κ3) is 2.56. The number of rotatable bonds is 2. The molecule has 1 aromatic rings. The minimum Gasteiger partial charge on any atom is -0.377 e. The Hall–Kier alpha value is -1.20. The molecular formula is C12H16F2N2O. The smallest absolute Gasteiger partial charge is 0.160 e. The van der Waals surface area contributed by atoms with Crippen molar-refractivity contribution in [1.82, 2.24) is 5.32 Å². The number of ether oxygens (including phenoxy) is 1. The van der Waals surface area contributed by atoms with Crippen LogP contribution in [0.1, 0.15) is 11.7 Å². The summed E-state index contributed by atoms with van der Waals surface area (Å²) >= 11 is 0. The highest BCUT2D eigenvalue weighted by molar-refractivity contribution is 5.54. The maximum atomic E-state index is 13.3. The molecule has 0 radical (unpaired) electrons. The average molecular weight is 242 g/mol. The van der Waals surface area contributed by atoms with Gasteiger partial charge in [0.1, 0.15) is 0 Å². The first-order valence-electron chi connectivity index (χ1n) is 5.58. The van der Waals surface area contributed by atoms with Crippen molar-refractivity contribution in [2.24, 2.45) is 0 Å². The topological polar surface area (TPSA) is 24.5 Å². The van der Waals surface area contributed by atoms with Crippen LogP contribution in [0.25, 0.3) is 0 Å². The lowest BCUT2D eigenvalue weighted by Crippen LogP contribution is -2.34. The Balaban J connectivity index is 2.39. The van der Waals surface area contributed by atoms with Gasteiger partial charge in [0.2, 0.25) is 0 Å². The zero-order valence-electron chi connectivity index (χ0n) is 9.96. The van der Waals surface area contributed by atoms with Crippen molar-refractivity contribution in [3.63, 3.8) is 0 Å². The van der Waals surface area contributed by atoms with E-state index in [-0.39, 0.29) is 6.10 Å². The first-order valence-corrected chi connectivity index (χ1v) is 5.58. The lowest BCUT2D eigenvalue weighted by molar-refractivity contribution is 0.0278. The summed E-state index contributed by atoms with van der Waals surface area (Å²) in [7, 11) is 3.60. The summed E-state index contributed by atoms with van der Waals surface area (Å²) in [5, 5.41) is 3.17. The molecule has 1 heterocycles. The fraction of sp³-hybridized carbons (Fsp3) is 0.500. The van der Waals surface area contributed by atoms with E-state index >= 15 is 0 Å². The predicted molar refractivity (Wildman–Crippen MR) is 62.2 cm³/mol. The lowest BCUT2D eigenvalue weighted by atomic mass is 10.0. The molecule has 17 heavy (non-hydrogen) atoms. The van der Waals surface area contributed by atoms with Crippen LogP contribution in [0.15, 0.2) is 12.1 Å². The van der Waals surface area contributed by atoms with Gasteiger partial charge >= 0.3 is 0 Å². The maximum Gasteiger partial charge on any atom is 0.160 e. The molecule has 0 aliphatic carbocycles. The molecule has 0 bridgehead atoms. The molecule has 1 aromatic carbocycles. The molecule has 1 unspecified atom stereocenters. The fourth-order valence-corrected chi connectivity index (χ4v) is 1.96. The molecule has 1 aliphatic heterocycles. The van der Waals surface area contributed by atoms with Crippen LogP contribution in [-0.2, 0) is 4.74 Å². The highest BCUT2D eigenvalue weighted by Crippen LogP contribution is 2.30. The molecule has 94 valence electrons. The number of morpholine rings is 1. The van der Waals surface area contributed by atoms with E-state index in [4.69, 9.17) is 4.74 Å². The normalized spacial score (nSPS) is 20.4. The molecule has 1 saturated heterocycles. The summed E-state index contributed by atoms with van der Waals surface area (Å²) in [5.41, 5.74) is 1.33. The van der Waals surface area contributed by atoms with Gasteiger partial charge in [-0.15, -0.1) is 0 Å². The minimum atomic E-state index is -0.834. The molecule has 1 N–H and O–H groups in total. The highest BCUT2D eigenvalue weighted by atomic mass is 19.2. The lowest BCUT2D eigenvalue weighted by Gasteiger charge is -2.28. The number of anilines is 1. The van der Waals surface area contributed by atoms with Crippen LogP contribution in [0.4, 0.5) is 14.5 Å². The van der Waals surface area contributed by atoms with Crippen molar-refractivity contribution >= 4 is 5.69 Å². The first-order chi connectivity index (χ1) is 8.09. The van der Waals surface area contributed by atoms with E-state index in [0.29, 0.717) is 24.4 Å². The molecule has 3 nitrogen and oxygen atoms in total. The van der Waals surface area contributed by atoms with Crippen LogP contribution >= 0.6 is 0 Å². The summed E-state index contributed by atoms with van der Waals surface area (Å²) in [6, 6.07) is 2.44. The van der Waals surface area contributed by atoms with Gasteiger partial charge in [-0.2, -0.15) is 0 Å². The van der Waals surface area contributed by atoms with Crippen molar-refractivity contribution < 1.29 is 13.5 Å². The zero-order chi connectivity index (χ0) is 12.4. The van der Waals surface area contributed by atoms with Crippen LogP contribution in [0.2, 0.25) is 0 Å². The van der Waals surface area contributed by atoms with E-state index in [1.807, 2.05) is 0 Å². The second-order valence-corrected chi connectivity index (χ2v) is 4.28. The first kappa shape index (κ1) is 12.3. The summed E-state index contributed by atoms with van der Waals surface area (Å²) in [4.78, 5) is 1.76. The van der Waals surface area contributed by atoms with E-state index in [1.54, 1.807) is 19.0 Å². The quantitative estimate of drug-likeness (QED) is 0.854. The van der Waals surface area contributed by atoms with Gasteiger partial charge in [-0.1, -0.05) is 0 Å². The standard InChI is InChI=1S/C12H16F2N2O/c1-16(2)11-6-10(14)9(13)5-8(11)12-7-15-3-4-17-12/h5-6,12,15H,3-4,7H2,1-2H3. The van der Waals surface area contributed by atoms with Crippen molar-refractivity contribution in [3.8, 4) is 0 Å². The van der Waals surface area contributed by atoms with E-state index in [9.17, 15) is 8.78 Å². The fourth-order valence-electron chi connectivity index (χ4n) is 1.96. The zero-order valence-corrected chi connectivity index (χ0v) is 9.96. The molecular weight excluding hydrogens is 226 g/mol. The van der Waals surface area contributed by atoms with Gasteiger partial charge in [0.05, 0.1) is 12.7 Å². The summed E-state index contributed by atoms with van der Waals surface area (Å²) < 4.78 is 32.1. The molecule has 1 aliphatic rings. The monoisotopic (exact) mass is 242 g/mol. The molecule has 2 rings (SSSR count). The van der Waals surface area contributed by atoms with E-state index in [2.05, 4.69) is 5.32 Å². The molecule has 0 aromatic heterocycles. The number of nitrogens with one attached hydrogen (secondary N) is 1. The van der Waals surface area contributed by atoms with Gasteiger partial charge in [0.15, 0.2) is 11.6 Å². The van der Waals surface area contributed by atoms with Crippen molar-refractivity contribution in [1.29, 1.82) is 0 Å². The van der Waals surface area contributed by atoms with Gasteiger partial charge in [-0.05, 0) is 6.07 Å². The van der Waals surface area contributed by atoms with E-state index in [0.717, 1.165) is 6.54 Å². The number of benzene rings is 1. The van der Waals surface area contributed by atoms with Gasteiger partial charge < -0.3 is 15.0 Å². The molecule has 1 atom stereocenters. The SMILES string of the molecule is CN(C)c1cc(F)c(F)cc1C1CNCCO1. The molecule has 0 amide bonds. The number of hydrogen-bond donors (Lipinski definition) is 1. The van der Waals surface area contributed by atoms with Crippen LogP contribution < -0.4 is 10.2 Å². The van der Waals surface area contributed by atoms with Crippen molar-refractivity contribution in [3.05, 3.63) is 29.3 Å². The van der Waals surface area contributed by atoms with Crippen LogP contribution in [0.5, 0.6) is 0 Å². The van der Waals surface area contributed by atoms with Crippen LogP contribution in [-0.4, -0.2) is 33.8 Å². The predicted octanol–water partition coefficient (Wildman–Crippen LogP) is 1.69. The average Bonchev–Trinajstić information content (AvgIpc) is 2.33. The van der Waals surface area contributed by atoms with Crippen LogP contribution in [0, 0.1) is 11.6 Å². The molecule has 0 spiro atoms. The highest BCUT2D eigenvalue weighted by Gasteiger charge is 2.22. The maximum absolute atomic E-state index is 13.3. The summed E-state index contributed by atoms with van der Waals surface area (Å²) in [6.07, 6.45) is -0.226. The second-order valence-electron chi connectivity index (χ2n) is 4.28. The Labute approximate surface area is 99.4 Å². The Morgan fingerprint density at radius 1 is 1.29 bits per heavy atom. The third-order valence-corrected chi connectivity index (χ3v) is 2.83. The van der Waals surface area contributed by atoms with Gasteiger partial charge in [-0.3, -0.25) is 0 Å². The molecule has 1 fully saturated rings. The van der Waals surface area contributed by atoms with Crippen LogP contribution in [0.3, 0.4) is 0 Å². The van der Waals surface area contributed by atoms with Gasteiger partial charge in [0, 0.05) is 44.5 Å². The summed E-state index contributed by atoms with van der Waals surface area (Å²) in [6.45, 7) is 1.99.